The molecule has 6 aromatic carbocycles. The van der Waals surface area contributed by atoms with Gasteiger partial charge in [0.15, 0.2) is 40.8 Å². The normalized spacial score (nSPS) is 11.3. The van der Waals surface area contributed by atoms with Crippen molar-refractivity contribution in [3.63, 3.8) is 0 Å². The summed E-state index contributed by atoms with van der Waals surface area (Å²) in [6, 6.07) is 54.6. The molecule has 3 aromatic heterocycles. The lowest BCUT2D eigenvalue weighted by Crippen LogP contribution is -2.08. The number of nitrogens with zero attached hydrogens (tertiary/aromatic N) is 9. The average molecular weight is 780 g/mol. The maximum atomic E-state index is 5.20. The molecule has 0 amide bonds. The molecule has 0 bridgehead atoms. The molecule has 0 aliphatic rings. The first kappa shape index (κ1) is 37.9. The Hall–Kier alpha value is -7.65. The third-order valence-electron chi connectivity index (χ3n) is 10.0. The van der Waals surface area contributed by atoms with Crippen LogP contribution >= 0.6 is 0 Å². The topological polar surface area (TPSA) is 116 Å². The molecule has 9 heteroatoms. The highest BCUT2D eigenvalue weighted by molar-refractivity contribution is 5.80. The maximum Gasteiger partial charge on any atom is 0.164 e. The predicted molar refractivity (Wildman–Crippen MR) is 238 cm³/mol. The van der Waals surface area contributed by atoms with Crippen LogP contribution in [0.3, 0.4) is 0 Å². The van der Waals surface area contributed by atoms with E-state index in [9.17, 15) is 0 Å². The molecule has 9 rings (SSSR count). The Bertz CT molecular complexity index is 2840. The lowest BCUT2D eigenvalue weighted by atomic mass is 9.98. The summed E-state index contributed by atoms with van der Waals surface area (Å²) in [7, 11) is 0. The van der Waals surface area contributed by atoms with Crippen LogP contribution in [0.2, 0.25) is 0 Å². The molecule has 9 aromatic rings. The highest BCUT2D eigenvalue weighted by atomic mass is 15.1. The summed E-state index contributed by atoms with van der Waals surface area (Å²) in [6.45, 7) is 8.39. The molecular formula is C51H41N9. The highest BCUT2D eigenvalue weighted by Crippen LogP contribution is 2.34. The number of hydrogen-bond acceptors (Lipinski definition) is 9. The lowest BCUT2D eigenvalue weighted by Gasteiger charge is -2.13. The molecule has 0 aliphatic heterocycles. The smallest absolute Gasteiger partial charge is 0.164 e. The largest absolute Gasteiger partial charge is 0.217 e. The number of benzene rings is 6. The first-order valence-electron chi connectivity index (χ1n) is 20.1. The van der Waals surface area contributed by atoms with Gasteiger partial charge in [-0.15, -0.1) is 0 Å². The van der Waals surface area contributed by atoms with Crippen LogP contribution < -0.4 is 0 Å². The predicted octanol–water partition coefficient (Wildman–Crippen LogP) is 11.8. The molecule has 0 saturated heterocycles. The minimum absolute atomic E-state index is 0.149. The summed E-state index contributed by atoms with van der Waals surface area (Å²) in [6.07, 6.45) is 0. The average Bonchev–Trinajstić information content (AvgIpc) is 3.32. The van der Waals surface area contributed by atoms with E-state index in [1.807, 2.05) is 133 Å². The highest BCUT2D eigenvalue weighted by Gasteiger charge is 2.19. The first-order chi connectivity index (χ1) is 29.3. The molecule has 3 heterocycles. The molecular weight excluding hydrogens is 739 g/mol. The van der Waals surface area contributed by atoms with Gasteiger partial charge in [0.2, 0.25) is 0 Å². The summed E-state index contributed by atoms with van der Waals surface area (Å²) in [5, 5.41) is 0. The van der Waals surface area contributed by atoms with Crippen molar-refractivity contribution in [2.45, 2.75) is 39.5 Å². The number of rotatable bonds is 10. The fourth-order valence-electron chi connectivity index (χ4n) is 6.82. The van der Waals surface area contributed by atoms with Gasteiger partial charge in [0.05, 0.1) is 0 Å². The van der Waals surface area contributed by atoms with Crippen molar-refractivity contribution < 1.29 is 0 Å². The molecule has 0 radical (unpaired) electrons. The van der Waals surface area contributed by atoms with Crippen molar-refractivity contribution >= 4 is 0 Å². The van der Waals surface area contributed by atoms with Crippen LogP contribution in [-0.2, 0) is 0 Å². The zero-order chi connectivity index (χ0) is 41.0. The number of hydrogen-bond donors (Lipinski definition) is 0. The van der Waals surface area contributed by atoms with Gasteiger partial charge in [-0.3, -0.25) is 0 Å². The van der Waals surface area contributed by atoms with Crippen LogP contribution in [0.4, 0.5) is 0 Å². The second-order valence-electron chi connectivity index (χ2n) is 15.1. The summed E-state index contributed by atoms with van der Waals surface area (Å²) in [5.74, 6) is 5.73. The van der Waals surface area contributed by atoms with E-state index in [1.165, 1.54) is 0 Å². The van der Waals surface area contributed by atoms with Crippen LogP contribution in [0.1, 0.15) is 51.2 Å². The van der Waals surface area contributed by atoms with E-state index in [0.717, 1.165) is 61.7 Å². The van der Waals surface area contributed by atoms with Gasteiger partial charge in [-0.1, -0.05) is 167 Å². The molecule has 0 unspecified atom stereocenters. The minimum Gasteiger partial charge on any atom is -0.217 e. The Kier molecular flexibility index (Phi) is 10.5. The second-order valence-corrected chi connectivity index (χ2v) is 15.1. The van der Waals surface area contributed by atoms with E-state index in [4.69, 9.17) is 44.9 Å². The van der Waals surface area contributed by atoms with Crippen molar-refractivity contribution in [1.82, 2.24) is 44.9 Å². The van der Waals surface area contributed by atoms with Crippen molar-refractivity contribution in [1.29, 1.82) is 0 Å². The van der Waals surface area contributed by atoms with E-state index in [1.54, 1.807) is 0 Å². The van der Waals surface area contributed by atoms with Gasteiger partial charge >= 0.3 is 0 Å². The summed E-state index contributed by atoms with van der Waals surface area (Å²) in [5.41, 5.74) is 7.91. The Morgan fingerprint density at radius 1 is 0.233 bits per heavy atom. The molecule has 0 N–H and O–H groups in total. The Labute approximate surface area is 349 Å². The standard InChI is InChI=1S/C51H41N9/c1-32(2)43-52-44(33(3)4)54-48(53-43)38-26-17-27-39(28-38)49-56-47(37-24-15-8-16-25-37)59-51(60-49)42-30-40(34-18-9-5-10-19-34)29-41(31-42)50-57-45(35-20-11-6-12-21-35)55-46(58-50)36-22-13-7-14-23-36/h5-33H,1-4H3. The van der Waals surface area contributed by atoms with Crippen molar-refractivity contribution in [2.24, 2.45) is 0 Å². The number of aromatic nitrogens is 9. The van der Waals surface area contributed by atoms with Crippen LogP contribution in [0, 0.1) is 0 Å². The molecule has 0 fully saturated rings. The van der Waals surface area contributed by atoms with Crippen LogP contribution in [0.25, 0.3) is 90.8 Å². The van der Waals surface area contributed by atoms with Gasteiger partial charge in [0.1, 0.15) is 11.6 Å². The lowest BCUT2D eigenvalue weighted by molar-refractivity contribution is 0.697. The Morgan fingerprint density at radius 2 is 0.500 bits per heavy atom. The molecule has 0 atom stereocenters. The van der Waals surface area contributed by atoms with Gasteiger partial charge in [-0.25, -0.2) is 44.9 Å². The Balaban J connectivity index is 1.24. The van der Waals surface area contributed by atoms with Crippen LogP contribution in [0.15, 0.2) is 164 Å². The van der Waals surface area contributed by atoms with Crippen LogP contribution in [-0.4, -0.2) is 44.9 Å². The van der Waals surface area contributed by atoms with E-state index >= 15 is 0 Å². The zero-order valence-electron chi connectivity index (χ0n) is 33.8. The second kappa shape index (κ2) is 16.7. The van der Waals surface area contributed by atoms with Crippen molar-refractivity contribution in [2.75, 3.05) is 0 Å². The Morgan fingerprint density at radius 3 is 0.867 bits per heavy atom. The fraction of sp³-hybridized carbons (Fsp3) is 0.118. The maximum absolute atomic E-state index is 5.20. The molecule has 9 nitrogen and oxygen atoms in total. The third-order valence-corrected chi connectivity index (χ3v) is 10.0. The monoisotopic (exact) mass is 779 g/mol. The van der Waals surface area contributed by atoms with E-state index < -0.39 is 0 Å². The van der Waals surface area contributed by atoms with Gasteiger partial charge in [-0.2, -0.15) is 0 Å². The fourth-order valence-corrected chi connectivity index (χ4v) is 6.82. The molecule has 60 heavy (non-hydrogen) atoms. The van der Waals surface area contributed by atoms with E-state index in [0.29, 0.717) is 40.8 Å². The molecule has 0 saturated carbocycles. The molecule has 290 valence electrons. The van der Waals surface area contributed by atoms with E-state index in [2.05, 4.69) is 58.0 Å². The molecule has 0 aliphatic carbocycles. The van der Waals surface area contributed by atoms with Crippen LogP contribution in [0.5, 0.6) is 0 Å². The van der Waals surface area contributed by atoms with Gasteiger partial charge in [0.25, 0.3) is 0 Å². The van der Waals surface area contributed by atoms with Gasteiger partial charge in [-0.05, 0) is 35.4 Å². The summed E-state index contributed by atoms with van der Waals surface area (Å²) < 4.78 is 0. The SMILES string of the molecule is CC(C)c1nc(-c2cccc(-c3nc(-c4ccccc4)nc(-c4cc(-c5ccccc5)cc(-c5nc(-c6ccccc6)nc(-c6ccccc6)n5)c4)n3)c2)nc(C(C)C)n1. The summed E-state index contributed by atoms with van der Waals surface area (Å²) >= 11 is 0. The van der Waals surface area contributed by atoms with Gasteiger partial charge < -0.3 is 0 Å². The van der Waals surface area contributed by atoms with Gasteiger partial charge in [0, 0.05) is 50.8 Å². The summed E-state index contributed by atoms with van der Waals surface area (Å²) in [4.78, 5) is 45.0. The quantitative estimate of drug-likeness (QED) is 0.134. The third kappa shape index (κ3) is 8.19. The zero-order valence-corrected chi connectivity index (χ0v) is 33.8. The van der Waals surface area contributed by atoms with Crippen molar-refractivity contribution in [3.8, 4) is 90.8 Å². The van der Waals surface area contributed by atoms with E-state index in [-0.39, 0.29) is 11.8 Å². The molecule has 0 spiro atoms. The first-order valence-corrected chi connectivity index (χ1v) is 20.1. The minimum atomic E-state index is 0.149. The van der Waals surface area contributed by atoms with Crippen molar-refractivity contribution in [3.05, 3.63) is 175 Å².